The monoisotopic (exact) mass is 481 g/mol. The lowest BCUT2D eigenvalue weighted by Crippen LogP contribution is -2.52. The fourth-order valence-electron chi connectivity index (χ4n) is 4.93. The highest BCUT2D eigenvalue weighted by Gasteiger charge is 2.51. The zero-order chi connectivity index (χ0) is 24.0. The molecule has 0 saturated carbocycles. The standard InChI is InChI=1S/C25H28ClN5O3/c1-15-12-30(3)9-8-25(15)13-31(24(32)34-25)21-10-17-20(11-22(21)33-4)27-14-28-23(17)29-19-7-5-6-18(26)16(19)2/h5-7,10-11,14-15H,8-9,12-13H2,1-4H3,(H,27,28,29). The predicted molar refractivity (Wildman–Crippen MR) is 133 cm³/mol. The number of carbonyl (C=O) groups excluding carboxylic acids is 1. The number of rotatable bonds is 4. The van der Waals surface area contributed by atoms with Gasteiger partial charge in [0.25, 0.3) is 0 Å². The van der Waals surface area contributed by atoms with Crippen LogP contribution in [0.15, 0.2) is 36.7 Å². The summed E-state index contributed by atoms with van der Waals surface area (Å²) in [7, 11) is 3.69. The topological polar surface area (TPSA) is 79.8 Å². The maximum atomic E-state index is 13.1. The molecule has 1 amide bonds. The summed E-state index contributed by atoms with van der Waals surface area (Å²) in [6.07, 6.45) is 1.95. The van der Waals surface area contributed by atoms with Crippen molar-refractivity contribution in [3.05, 3.63) is 47.2 Å². The number of likely N-dealkylation sites (tertiary alicyclic amines) is 1. The van der Waals surface area contributed by atoms with Gasteiger partial charge in [-0.1, -0.05) is 24.6 Å². The molecule has 2 aromatic carbocycles. The lowest BCUT2D eigenvalue weighted by molar-refractivity contribution is -0.0354. The summed E-state index contributed by atoms with van der Waals surface area (Å²) in [5.74, 6) is 1.40. The molecule has 2 unspecified atom stereocenters. The SMILES string of the molecule is COc1cc2ncnc(Nc3cccc(Cl)c3C)c2cc1N1CC2(CCN(C)CC2C)OC1=O. The second-order valence-corrected chi connectivity index (χ2v) is 9.64. The van der Waals surface area contributed by atoms with Crippen LogP contribution in [0.2, 0.25) is 5.02 Å². The van der Waals surface area contributed by atoms with Gasteiger partial charge in [0.1, 0.15) is 23.5 Å². The van der Waals surface area contributed by atoms with Gasteiger partial charge < -0.3 is 19.7 Å². The van der Waals surface area contributed by atoms with Crippen molar-refractivity contribution in [3.63, 3.8) is 0 Å². The Hall–Kier alpha value is -3.10. The number of ether oxygens (including phenoxy) is 2. The van der Waals surface area contributed by atoms with Crippen LogP contribution in [0.3, 0.4) is 0 Å². The Kier molecular flexibility index (Phi) is 5.73. The second-order valence-electron chi connectivity index (χ2n) is 9.23. The third-order valence-corrected chi connectivity index (χ3v) is 7.49. The zero-order valence-corrected chi connectivity index (χ0v) is 20.5. The molecular formula is C25H28ClN5O3. The van der Waals surface area contributed by atoms with Crippen LogP contribution in [-0.4, -0.2) is 60.4 Å². The van der Waals surface area contributed by atoms with Crippen LogP contribution in [0.1, 0.15) is 18.9 Å². The zero-order valence-electron chi connectivity index (χ0n) is 19.8. The molecule has 1 N–H and O–H groups in total. The Labute approximate surface area is 203 Å². The number of amides is 1. The summed E-state index contributed by atoms with van der Waals surface area (Å²) in [5.41, 5.74) is 2.61. The molecule has 0 aliphatic carbocycles. The van der Waals surface area contributed by atoms with Crippen molar-refractivity contribution < 1.29 is 14.3 Å². The summed E-state index contributed by atoms with van der Waals surface area (Å²) < 4.78 is 11.7. The second kappa shape index (κ2) is 8.60. The molecule has 3 heterocycles. The molecule has 2 saturated heterocycles. The van der Waals surface area contributed by atoms with Crippen LogP contribution in [0.5, 0.6) is 5.75 Å². The Morgan fingerprint density at radius 1 is 1.29 bits per heavy atom. The van der Waals surface area contributed by atoms with E-state index in [1.807, 2.05) is 37.3 Å². The molecule has 2 aliphatic rings. The number of benzene rings is 2. The first kappa shape index (κ1) is 22.7. The molecule has 0 radical (unpaired) electrons. The van der Waals surface area contributed by atoms with Crippen LogP contribution in [0, 0.1) is 12.8 Å². The Bertz CT molecular complexity index is 1270. The van der Waals surface area contributed by atoms with Crippen molar-refractivity contribution in [1.82, 2.24) is 14.9 Å². The molecule has 1 spiro atoms. The number of carbonyl (C=O) groups is 1. The fourth-order valence-corrected chi connectivity index (χ4v) is 5.11. The van der Waals surface area contributed by atoms with E-state index in [-0.39, 0.29) is 12.0 Å². The minimum atomic E-state index is -0.504. The van der Waals surface area contributed by atoms with Crippen LogP contribution in [-0.2, 0) is 4.74 Å². The summed E-state index contributed by atoms with van der Waals surface area (Å²) >= 11 is 6.31. The maximum absolute atomic E-state index is 13.1. The number of piperidine rings is 1. The first-order chi connectivity index (χ1) is 16.3. The molecule has 1 aromatic heterocycles. The number of hydrogen-bond acceptors (Lipinski definition) is 7. The van der Waals surface area contributed by atoms with Gasteiger partial charge in [-0.3, -0.25) is 4.90 Å². The third-order valence-electron chi connectivity index (χ3n) is 7.08. The molecule has 0 bridgehead atoms. The number of halogens is 1. The number of nitrogens with one attached hydrogen (secondary N) is 1. The van der Waals surface area contributed by atoms with Gasteiger partial charge in [0.2, 0.25) is 0 Å². The molecule has 5 rings (SSSR count). The molecule has 9 heteroatoms. The molecule has 2 aliphatic heterocycles. The van der Waals surface area contributed by atoms with Crippen molar-refractivity contribution in [1.29, 1.82) is 0 Å². The quantitative estimate of drug-likeness (QED) is 0.561. The summed E-state index contributed by atoms with van der Waals surface area (Å²) in [6, 6.07) is 9.41. The van der Waals surface area contributed by atoms with E-state index in [2.05, 4.69) is 34.2 Å². The van der Waals surface area contributed by atoms with Gasteiger partial charge in [0.05, 0.1) is 24.9 Å². The van der Waals surface area contributed by atoms with Crippen LogP contribution in [0.25, 0.3) is 10.9 Å². The Balaban J connectivity index is 1.56. The van der Waals surface area contributed by atoms with Crippen LogP contribution in [0.4, 0.5) is 22.0 Å². The molecule has 34 heavy (non-hydrogen) atoms. The van der Waals surface area contributed by atoms with Crippen LogP contribution < -0.4 is 15.0 Å². The van der Waals surface area contributed by atoms with Crippen molar-refractivity contribution >= 4 is 45.8 Å². The number of hydrogen-bond donors (Lipinski definition) is 1. The van der Waals surface area contributed by atoms with E-state index in [4.69, 9.17) is 21.1 Å². The number of anilines is 3. The number of aromatic nitrogens is 2. The maximum Gasteiger partial charge on any atom is 0.415 e. The molecule has 2 fully saturated rings. The van der Waals surface area contributed by atoms with Crippen molar-refractivity contribution in [2.24, 2.45) is 5.92 Å². The highest BCUT2D eigenvalue weighted by atomic mass is 35.5. The highest BCUT2D eigenvalue weighted by Crippen LogP contribution is 2.43. The fraction of sp³-hybridized carbons (Fsp3) is 0.400. The summed E-state index contributed by atoms with van der Waals surface area (Å²) in [6.45, 7) is 6.35. The minimum absolute atomic E-state index is 0.220. The van der Waals surface area contributed by atoms with Gasteiger partial charge in [-0.15, -0.1) is 0 Å². The highest BCUT2D eigenvalue weighted by molar-refractivity contribution is 6.31. The third kappa shape index (κ3) is 3.80. The predicted octanol–water partition coefficient (Wildman–Crippen LogP) is 5.01. The summed E-state index contributed by atoms with van der Waals surface area (Å²) in [5, 5.41) is 4.81. The Morgan fingerprint density at radius 3 is 2.88 bits per heavy atom. The van der Waals surface area contributed by atoms with Gasteiger partial charge in [-0.05, 0) is 37.7 Å². The van der Waals surface area contributed by atoms with E-state index in [9.17, 15) is 4.79 Å². The lowest BCUT2D eigenvalue weighted by atomic mass is 9.82. The lowest BCUT2D eigenvalue weighted by Gasteiger charge is -2.41. The molecule has 178 valence electrons. The van der Waals surface area contributed by atoms with E-state index in [1.54, 1.807) is 12.0 Å². The van der Waals surface area contributed by atoms with Crippen molar-refractivity contribution in [2.45, 2.75) is 25.9 Å². The van der Waals surface area contributed by atoms with E-state index in [0.29, 0.717) is 34.3 Å². The van der Waals surface area contributed by atoms with Gasteiger partial charge in [-0.2, -0.15) is 0 Å². The first-order valence-electron chi connectivity index (χ1n) is 11.4. The smallest absolute Gasteiger partial charge is 0.415 e. The largest absolute Gasteiger partial charge is 0.494 e. The van der Waals surface area contributed by atoms with Crippen molar-refractivity contribution in [3.8, 4) is 5.75 Å². The van der Waals surface area contributed by atoms with E-state index < -0.39 is 5.60 Å². The van der Waals surface area contributed by atoms with Crippen molar-refractivity contribution in [2.75, 3.05) is 44.0 Å². The van der Waals surface area contributed by atoms with E-state index >= 15 is 0 Å². The molecular weight excluding hydrogens is 454 g/mol. The van der Waals surface area contributed by atoms with Crippen LogP contribution >= 0.6 is 11.6 Å². The van der Waals surface area contributed by atoms with E-state index in [1.165, 1.54) is 6.33 Å². The normalized spacial score (nSPS) is 22.9. The molecule has 3 aromatic rings. The average molecular weight is 482 g/mol. The first-order valence-corrected chi connectivity index (χ1v) is 11.7. The van der Waals surface area contributed by atoms with Gasteiger partial charge >= 0.3 is 6.09 Å². The molecule has 2 atom stereocenters. The number of methoxy groups -OCH3 is 1. The number of fused-ring (bicyclic) bond motifs is 1. The average Bonchev–Trinajstić information content (AvgIpc) is 3.16. The van der Waals surface area contributed by atoms with E-state index in [0.717, 1.165) is 36.1 Å². The number of nitrogens with zero attached hydrogens (tertiary/aromatic N) is 4. The summed E-state index contributed by atoms with van der Waals surface area (Å²) in [4.78, 5) is 26.0. The van der Waals surface area contributed by atoms with Gasteiger partial charge in [0, 0.05) is 47.6 Å². The van der Waals surface area contributed by atoms with Gasteiger partial charge in [0.15, 0.2) is 0 Å². The minimum Gasteiger partial charge on any atom is -0.494 e. The molecule has 8 nitrogen and oxygen atoms in total. The van der Waals surface area contributed by atoms with Gasteiger partial charge in [-0.25, -0.2) is 14.8 Å². The Morgan fingerprint density at radius 2 is 2.12 bits per heavy atom.